The number of fused-ring (bicyclic) bond motifs is 3. The van der Waals surface area contributed by atoms with Crippen molar-refractivity contribution in [3.8, 4) is 0 Å². The molecule has 1 amide bonds. The number of nitrogens with two attached hydrogens (primary N) is 1. The molecule has 4 rings (SSSR count). The van der Waals surface area contributed by atoms with Gasteiger partial charge in [-0.2, -0.15) is 13.2 Å². The molecule has 5 nitrogen and oxygen atoms in total. The molecule has 0 aliphatic heterocycles. The maximum absolute atomic E-state index is 13.0. The van der Waals surface area contributed by atoms with Gasteiger partial charge in [0.15, 0.2) is 0 Å². The maximum atomic E-state index is 13.0. The lowest BCUT2D eigenvalue weighted by molar-refractivity contribution is -0.137. The summed E-state index contributed by atoms with van der Waals surface area (Å²) < 4.78 is 44.8. The second kappa shape index (κ2) is 12.9. The first-order valence-corrected chi connectivity index (χ1v) is 12.3. The van der Waals surface area contributed by atoms with E-state index >= 15 is 0 Å². The Kier molecular flexibility index (Phi) is 10.8. The highest BCUT2D eigenvalue weighted by atomic mass is 35.5. The van der Waals surface area contributed by atoms with E-state index < -0.39 is 11.7 Å². The summed E-state index contributed by atoms with van der Waals surface area (Å²) >= 11 is 0. The molecule has 194 valence electrons. The number of nitrogens with zero attached hydrogens (tertiary/aromatic N) is 1. The quantitative estimate of drug-likeness (QED) is 0.278. The van der Waals surface area contributed by atoms with Crippen molar-refractivity contribution in [3.05, 3.63) is 29.3 Å². The number of alkyl halides is 3. The standard InChI is InChI=1S/C25H38F3N3O2.ClH/c1-31(17-11-20-6-7-22(29)21(18-20)25(26,27)28)16-5-3-2-4-15-30-23(32)33-24-12-8-19(9-13-24)10-14-24;/h6-7,18-19H,2-5,8-17,29H2,1H3,(H,30,32);1H. The van der Waals surface area contributed by atoms with E-state index in [4.69, 9.17) is 10.5 Å². The van der Waals surface area contributed by atoms with Crippen LogP contribution in [0.4, 0.5) is 23.7 Å². The Hall–Kier alpha value is -1.67. The van der Waals surface area contributed by atoms with Crippen LogP contribution < -0.4 is 11.1 Å². The highest BCUT2D eigenvalue weighted by Gasteiger charge is 2.43. The third-order valence-electron chi connectivity index (χ3n) is 7.28. The summed E-state index contributed by atoms with van der Waals surface area (Å²) in [5.41, 5.74) is 4.90. The number of carbonyl (C=O) groups excluding carboxylic acids is 1. The number of benzene rings is 1. The number of anilines is 1. The third kappa shape index (κ3) is 8.52. The number of unbranched alkanes of at least 4 members (excludes halogenated alkanes) is 3. The third-order valence-corrected chi connectivity index (χ3v) is 7.28. The molecule has 3 saturated carbocycles. The average Bonchev–Trinajstić information content (AvgIpc) is 2.78. The van der Waals surface area contributed by atoms with Gasteiger partial charge in [-0.25, -0.2) is 4.79 Å². The lowest BCUT2D eigenvalue weighted by Gasteiger charge is -2.45. The largest absolute Gasteiger partial charge is 0.443 e. The van der Waals surface area contributed by atoms with Gasteiger partial charge in [-0.3, -0.25) is 0 Å². The average molecular weight is 506 g/mol. The number of nitrogen functional groups attached to an aromatic ring is 1. The van der Waals surface area contributed by atoms with E-state index in [-0.39, 0.29) is 29.8 Å². The summed E-state index contributed by atoms with van der Waals surface area (Å²) in [6, 6.07) is 4.15. The molecule has 0 radical (unpaired) electrons. The van der Waals surface area contributed by atoms with Crippen molar-refractivity contribution in [1.82, 2.24) is 10.2 Å². The monoisotopic (exact) mass is 505 g/mol. The van der Waals surface area contributed by atoms with Gasteiger partial charge in [-0.1, -0.05) is 18.9 Å². The predicted molar refractivity (Wildman–Crippen MR) is 131 cm³/mol. The second-order valence-electron chi connectivity index (χ2n) is 9.87. The zero-order valence-electron chi connectivity index (χ0n) is 20.1. The summed E-state index contributed by atoms with van der Waals surface area (Å²) in [5, 5.41) is 2.90. The van der Waals surface area contributed by atoms with Gasteiger partial charge in [0, 0.05) is 18.8 Å². The second-order valence-corrected chi connectivity index (χ2v) is 9.87. The van der Waals surface area contributed by atoms with Gasteiger partial charge >= 0.3 is 12.3 Å². The van der Waals surface area contributed by atoms with Gasteiger partial charge in [-0.05, 0) is 95.0 Å². The Morgan fingerprint density at radius 1 is 1.12 bits per heavy atom. The Bertz CT molecular complexity index is 769. The highest BCUT2D eigenvalue weighted by Crippen LogP contribution is 2.46. The number of ether oxygens (including phenoxy) is 1. The van der Waals surface area contributed by atoms with Crippen molar-refractivity contribution in [2.45, 2.75) is 82.4 Å². The number of rotatable bonds is 11. The fourth-order valence-corrected chi connectivity index (χ4v) is 5.08. The molecule has 3 aliphatic carbocycles. The number of nitrogens with one attached hydrogen (secondary N) is 1. The molecule has 0 saturated heterocycles. The molecule has 0 aromatic heterocycles. The molecule has 34 heavy (non-hydrogen) atoms. The van der Waals surface area contributed by atoms with E-state index in [1.54, 1.807) is 6.07 Å². The molecule has 1 aromatic carbocycles. The first-order valence-electron chi connectivity index (χ1n) is 12.3. The molecule has 0 unspecified atom stereocenters. The zero-order chi connectivity index (χ0) is 23.9. The minimum atomic E-state index is -4.42. The Balaban J connectivity index is 0.00000408. The van der Waals surface area contributed by atoms with Crippen LogP contribution in [0, 0.1) is 5.92 Å². The van der Waals surface area contributed by atoms with Crippen molar-refractivity contribution in [2.24, 2.45) is 5.92 Å². The minimum absolute atomic E-state index is 0. The number of hydrogen-bond donors (Lipinski definition) is 2. The van der Waals surface area contributed by atoms with Gasteiger partial charge in [0.1, 0.15) is 5.60 Å². The van der Waals surface area contributed by atoms with Crippen LogP contribution in [0.5, 0.6) is 0 Å². The molecule has 0 atom stereocenters. The summed E-state index contributed by atoms with van der Waals surface area (Å²) in [5.74, 6) is 0.845. The Labute approximate surface area is 207 Å². The Morgan fingerprint density at radius 2 is 1.76 bits per heavy atom. The smallest absolute Gasteiger partial charge is 0.418 e. The SMILES string of the molecule is CN(CCCCCCNC(=O)OC12CCC(CC1)CC2)CCc1ccc(N)c(C(F)(F)F)c1.Cl. The van der Waals surface area contributed by atoms with Gasteiger partial charge in [-0.15, -0.1) is 12.4 Å². The number of hydrogen-bond acceptors (Lipinski definition) is 4. The normalized spacial score (nSPS) is 21.9. The highest BCUT2D eigenvalue weighted by molar-refractivity contribution is 5.85. The van der Waals surface area contributed by atoms with E-state index in [0.717, 1.165) is 63.5 Å². The summed E-state index contributed by atoms with van der Waals surface area (Å²) in [6.07, 6.45) is 6.47. The predicted octanol–water partition coefficient (Wildman–Crippen LogP) is 6.19. The maximum Gasteiger partial charge on any atom is 0.418 e. The van der Waals surface area contributed by atoms with Crippen LogP contribution in [0.15, 0.2) is 18.2 Å². The van der Waals surface area contributed by atoms with Crippen molar-refractivity contribution in [1.29, 1.82) is 0 Å². The van der Waals surface area contributed by atoms with Crippen molar-refractivity contribution < 1.29 is 22.7 Å². The number of likely N-dealkylation sites (N-methyl/N-ethyl adjacent to an activating group) is 1. The van der Waals surface area contributed by atoms with E-state index in [9.17, 15) is 18.0 Å². The number of halogens is 4. The van der Waals surface area contributed by atoms with E-state index in [1.165, 1.54) is 25.3 Å². The molecule has 3 N–H and O–H groups in total. The van der Waals surface area contributed by atoms with Crippen molar-refractivity contribution in [3.63, 3.8) is 0 Å². The van der Waals surface area contributed by atoms with Gasteiger partial charge < -0.3 is 20.7 Å². The van der Waals surface area contributed by atoms with Crippen LogP contribution in [0.1, 0.15) is 75.3 Å². The van der Waals surface area contributed by atoms with Crippen LogP contribution in [0.2, 0.25) is 0 Å². The fourth-order valence-electron chi connectivity index (χ4n) is 5.08. The molecule has 1 aromatic rings. The molecule has 0 heterocycles. The van der Waals surface area contributed by atoms with Crippen LogP contribution in [-0.4, -0.2) is 43.3 Å². The van der Waals surface area contributed by atoms with Crippen LogP contribution in [0.3, 0.4) is 0 Å². The lowest BCUT2D eigenvalue weighted by atomic mass is 9.68. The summed E-state index contributed by atoms with van der Waals surface area (Å²) in [7, 11) is 1.98. The van der Waals surface area contributed by atoms with Crippen molar-refractivity contribution in [2.75, 3.05) is 32.4 Å². The molecule has 3 fully saturated rings. The van der Waals surface area contributed by atoms with Gasteiger partial charge in [0.25, 0.3) is 0 Å². The van der Waals surface area contributed by atoms with Crippen LogP contribution >= 0.6 is 12.4 Å². The molecule has 2 bridgehead atoms. The van der Waals surface area contributed by atoms with E-state index in [2.05, 4.69) is 10.2 Å². The van der Waals surface area contributed by atoms with E-state index in [0.29, 0.717) is 25.1 Å². The molecule has 0 spiro atoms. The summed E-state index contributed by atoms with van der Waals surface area (Å²) in [4.78, 5) is 14.3. The first kappa shape index (κ1) is 28.6. The van der Waals surface area contributed by atoms with E-state index in [1.807, 2.05) is 7.05 Å². The molecule has 9 heteroatoms. The molecule has 3 aliphatic rings. The number of alkyl carbamates (subject to hydrolysis) is 1. The topological polar surface area (TPSA) is 67.6 Å². The lowest BCUT2D eigenvalue weighted by Crippen LogP contribution is -2.46. The number of amides is 1. The molecular formula is C25H39ClF3N3O2. The fraction of sp³-hybridized carbons (Fsp3) is 0.720. The zero-order valence-corrected chi connectivity index (χ0v) is 20.9. The Morgan fingerprint density at radius 3 is 2.41 bits per heavy atom. The first-order chi connectivity index (χ1) is 15.7. The van der Waals surface area contributed by atoms with Crippen LogP contribution in [-0.2, 0) is 17.3 Å². The van der Waals surface area contributed by atoms with Gasteiger partial charge in [0.05, 0.1) is 5.56 Å². The van der Waals surface area contributed by atoms with Crippen LogP contribution in [0.25, 0.3) is 0 Å². The minimum Gasteiger partial charge on any atom is -0.443 e. The van der Waals surface area contributed by atoms with Crippen molar-refractivity contribution >= 4 is 24.2 Å². The summed E-state index contributed by atoms with van der Waals surface area (Å²) in [6.45, 7) is 2.21. The number of carbonyl (C=O) groups is 1. The molecular weight excluding hydrogens is 467 g/mol. The van der Waals surface area contributed by atoms with Gasteiger partial charge in [0.2, 0.25) is 0 Å².